The second kappa shape index (κ2) is 7.71. The van der Waals surface area contributed by atoms with Crippen LogP contribution in [0.4, 0.5) is 0 Å². The third-order valence-electron chi connectivity index (χ3n) is 2.87. The van der Waals surface area contributed by atoms with Gasteiger partial charge in [0.05, 0.1) is 18.8 Å². The average Bonchev–Trinajstić information content (AvgIpc) is 2.51. The highest BCUT2D eigenvalue weighted by Crippen LogP contribution is 2.10. The van der Waals surface area contributed by atoms with Gasteiger partial charge in [0.25, 0.3) is 5.91 Å². The molecule has 2 aromatic rings. The number of amides is 1. The summed E-state index contributed by atoms with van der Waals surface area (Å²) in [5.41, 5.74) is 1.12. The van der Waals surface area contributed by atoms with E-state index in [0.717, 1.165) is 5.69 Å². The minimum atomic E-state index is -0.194. The number of halogens is 1. The molecule has 0 aliphatic heterocycles. The Kier molecular flexibility index (Phi) is 5.66. The van der Waals surface area contributed by atoms with Crippen LogP contribution in [0, 0.1) is 0 Å². The van der Waals surface area contributed by atoms with Gasteiger partial charge in [0.1, 0.15) is 10.8 Å². The number of hydrogen-bond donors (Lipinski definition) is 0. The molecule has 0 N–H and O–H groups in total. The highest BCUT2D eigenvalue weighted by Gasteiger charge is 2.17. The first-order valence-corrected chi connectivity index (χ1v) is 6.89. The zero-order valence-electron chi connectivity index (χ0n) is 11.7. The molecule has 110 valence electrons. The third-order valence-corrected chi connectivity index (χ3v) is 3.08. The number of rotatable bonds is 6. The van der Waals surface area contributed by atoms with E-state index in [1.54, 1.807) is 36.4 Å². The smallest absolute Gasteiger partial charge is 0.272 e. The molecular formula is C15H16ClN3O2. The Bertz CT molecular complexity index is 592. The molecular weight excluding hydrogens is 290 g/mol. The Morgan fingerprint density at radius 2 is 2.14 bits per heavy atom. The van der Waals surface area contributed by atoms with Crippen molar-refractivity contribution in [1.82, 2.24) is 14.9 Å². The molecule has 0 aliphatic rings. The molecule has 2 heterocycles. The number of carbonyl (C=O) groups excluding carboxylic acids is 1. The Balaban J connectivity index is 2.17. The van der Waals surface area contributed by atoms with E-state index in [9.17, 15) is 4.79 Å². The summed E-state index contributed by atoms with van der Waals surface area (Å²) < 4.78 is 5.06. The maximum Gasteiger partial charge on any atom is 0.272 e. The molecule has 0 unspecified atom stereocenters. The standard InChI is InChI=1S/C15H16ClN3O2/c1-21-10-9-19(11-12-5-2-3-8-17-12)15(20)13-6-4-7-14(16)18-13/h2-8H,9-11H2,1H3. The lowest BCUT2D eigenvalue weighted by Crippen LogP contribution is -2.34. The summed E-state index contributed by atoms with van der Waals surface area (Å²) in [6.45, 7) is 1.30. The number of nitrogens with zero attached hydrogens (tertiary/aromatic N) is 3. The second-order valence-electron chi connectivity index (χ2n) is 4.39. The number of aromatic nitrogens is 2. The van der Waals surface area contributed by atoms with Crippen molar-refractivity contribution in [1.29, 1.82) is 0 Å². The Morgan fingerprint density at radius 1 is 1.29 bits per heavy atom. The molecule has 2 rings (SSSR count). The van der Waals surface area contributed by atoms with Crippen LogP contribution in [-0.4, -0.2) is 41.0 Å². The van der Waals surface area contributed by atoms with Gasteiger partial charge < -0.3 is 9.64 Å². The molecule has 0 bridgehead atoms. The molecule has 0 saturated heterocycles. The van der Waals surface area contributed by atoms with Crippen molar-refractivity contribution in [2.24, 2.45) is 0 Å². The normalized spacial score (nSPS) is 10.4. The lowest BCUT2D eigenvalue weighted by molar-refractivity contribution is 0.0672. The summed E-state index contributed by atoms with van der Waals surface area (Å²) in [6, 6.07) is 10.6. The molecule has 5 nitrogen and oxygen atoms in total. The molecule has 0 atom stereocenters. The zero-order chi connectivity index (χ0) is 15.1. The van der Waals surface area contributed by atoms with Crippen molar-refractivity contribution in [3.8, 4) is 0 Å². The summed E-state index contributed by atoms with van der Waals surface area (Å²) in [5, 5.41) is 0.297. The van der Waals surface area contributed by atoms with E-state index < -0.39 is 0 Å². The van der Waals surface area contributed by atoms with Gasteiger partial charge >= 0.3 is 0 Å². The fraction of sp³-hybridized carbons (Fsp3) is 0.267. The SMILES string of the molecule is COCCN(Cc1ccccn1)C(=O)c1cccc(Cl)n1. The van der Waals surface area contributed by atoms with Crippen molar-refractivity contribution < 1.29 is 9.53 Å². The van der Waals surface area contributed by atoms with E-state index in [-0.39, 0.29) is 5.91 Å². The Labute approximate surface area is 128 Å². The van der Waals surface area contributed by atoms with Crippen LogP contribution in [0.3, 0.4) is 0 Å². The van der Waals surface area contributed by atoms with Gasteiger partial charge in [-0.05, 0) is 24.3 Å². The number of hydrogen-bond acceptors (Lipinski definition) is 4. The van der Waals surface area contributed by atoms with E-state index in [1.165, 1.54) is 0 Å². The van der Waals surface area contributed by atoms with Crippen LogP contribution < -0.4 is 0 Å². The Morgan fingerprint density at radius 3 is 2.81 bits per heavy atom. The van der Waals surface area contributed by atoms with Gasteiger partial charge in [-0.25, -0.2) is 4.98 Å². The monoisotopic (exact) mass is 305 g/mol. The predicted molar refractivity (Wildman–Crippen MR) is 80.1 cm³/mol. The van der Waals surface area contributed by atoms with E-state index in [4.69, 9.17) is 16.3 Å². The minimum absolute atomic E-state index is 0.194. The first-order chi connectivity index (χ1) is 10.2. The van der Waals surface area contributed by atoms with Crippen LogP contribution in [0.5, 0.6) is 0 Å². The van der Waals surface area contributed by atoms with E-state index in [1.807, 2.05) is 18.2 Å². The maximum absolute atomic E-state index is 12.5. The van der Waals surface area contributed by atoms with E-state index in [2.05, 4.69) is 9.97 Å². The van der Waals surface area contributed by atoms with Crippen molar-refractivity contribution >= 4 is 17.5 Å². The van der Waals surface area contributed by atoms with Crippen LogP contribution in [0.2, 0.25) is 5.15 Å². The van der Waals surface area contributed by atoms with E-state index in [0.29, 0.717) is 30.5 Å². The minimum Gasteiger partial charge on any atom is -0.383 e. The summed E-state index contributed by atoms with van der Waals surface area (Å²) in [5.74, 6) is -0.194. The molecule has 2 aromatic heterocycles. The topological polar surface area (TPSA) is 55.3 Å². The highest BCUT2D eigenvalue weighted by atomic mass is 35.5. The fourth-order valence-corrected chi connectivity index (χ4v) is 1.99. The first kappa shape index (κ1) is 15.4. The number of pyridine rings is 2. The lowest BCUT2D eigenvalue weighted by atomic mass is 10.2. The van der Waals surface area contributed by atoms with Gasteiger partial charge in [-0.15, -0.1) is 0 Å². The van der Waals surface area contributed by atoms with Crippen LogP contribution in [0.25, 0.3) is 0 Å². The van der Waals surface area contributed by atoms with Crippen molar-refractivity contribution in [3.63, 3.8) is 0 Å². The van der Waals surface area contributed by atoms with Gasteiger partial charge in [0, 0.05) is 19.9 Å². The highest BCUT2D eigenvalue weighted by molar-refractivity contribution is 6.29. The van der Waals surface area contributed by atoms with Gasteiger partial charge in [-0.1, -0.05) is 23.7 Å². The lowest BCUT2D eigenvalue weighted by Gasteiger charge is -2.21. The second-order valence-corrected chi connectivity index (χ2v) is 4.77. The molecule has 21 heavy (non-hydrogen) atoms. The van der Waals surface area contributed by atoms with Gasteiger partial charge in [0.2, 0.25) is 0 Å². The fourth-order valence-electron chi connectivity index (χ4n) is 1.83. The van der Waals surface area contributed by atoms with Crippen LogP contribution in [0.15, 0.2) is 42.6 Å². The molecule has 0 fully saturated rings. The third kappa shape index (κ3) is 4.51. The summed E-state index contributed by atoms with van der Waals surface area (Å²) >= 11 is 5.84. The predicted octanol–water partition coefficient (Wildman–Crippen LogP) is 2.42. The van der Waals surface area contributed by atoms with E-state index >= 15 is 0 Å². The van der Waals surface area contributed by atoms with Crippen molar-refractivity contribution in [2.75, 3.05) is 20.3 Å². The number of carbonyl (C=O) groups is 1. The molecule has 1 amide bonds. The van der Waals surface area contributed by atoms with Crippen LogP contribution >= 0.6 is 11.6 Å². The quantitative estimate of drug-likeness (QED) is 0.769. The van der Waals surface area contributed by atoms with Crippen molar-refractivity contribution in [2.45, 2.75) is 6.54 Å². The van der Waals surface area contributed by atoms with Gasteiger partial charge in [-0.3, -0.25) is 9.78 Å². The summed E-state index contributed by atoms with van der Waals surface area (Å²) in [6.07, 6.45) is 1.70. The largest absolute Gasteiger partial charge is 0.383 e. The molecule has 0 spiro atoms. The molecule has 0 aromatic carbocycles. The average molecular weight is 306 g/mol. The maximum atomic E-state index is 12.5. The first-order valence-electron chi connectivity index (χ1n) is 6.51. The molecule has 0 saturated carbocycles. The van der Waals surface area contributed by atoms with Crippen LogP contribution in [0.1, 0.15) is 16.2 Å². The molecule has 0 radical (unpaired) electrons. The number of ether oxygens (including phenoxy) is 1. The number of methoxy groups -OCH3 is 1. The molecule has 0 aliphatic carbocycles. The molecule has 6 heteroatoms. The Hall–Kier alpha value is -1.98. The zero-order valence-corrected chi connectivity index (χ0v) is 12.5. The van der Waals surface area contributed by atoms with Crippen molar-refractivity contribution in [3.05, 3.63) is 59.1 Å². The summed E-state index contributed by atoms with van der Waals surface area (Å²) in [4.78, 5) is 22.5. The van der Waals surface area contributed by atoms with Crippen LogP contribution in [-0.2, 0) is 11.3 Å². The van der Waals surface area contributed by atoms with Gasteiger partial charge in [-0.2, -0.15) is 0 Å². The van der Waals surface area contributed by atoms with Gasteiger partial charge in [0.15, 0.2) is 0 Å². The summed E-state index contributed by atoms with van der Waals surface area (Å²) in [7, 11) is 1.60.